The molecule has 0 saturated carbocycles. The molecule has 108 valence electrons. The van der Waals surface area contributed by atoms with Crippen molar-refractivity contribution in [3.05, 3.63) is 40.7 Å². The highest BCUT2D eigenvalue weighted by molar-refractivity contribution is 7.14. The monoisotopic (exact) mass is 317 g/mol. The summed E-state index contributed by atoms with van der Waals surface area (Å²) in [5.74, 6) is 1.51. The van der Waals surface area contributed by atoms with Crippen LogP contribution in [0, 0.1) is 0 Å². The third-order valence-corrected chi connectivity index (χ3v) is 4.25. The fraction of sp³-hybridized carbons (Fsp3) is 0.250. The van der Waals surface area contributed by atoms with Crippen LogP contribution in [0.4, 0.5) is 5.82 Å². The van der Waals surface area contributed by atoms with Gasteiger partial charge in [-0.05, 0) is 44.4 Å². The van der Waals surface area contributed by atoms with Crippen LogP contribution in [0.15, 0.2) is 35.7 Å². The molecule has 0 atom stereocenters. The molecular weight excluding hydrogens is 302 g/mol. The van der Waals surface area contributed by atoms with Crippen LogP contribution >= 0.6 is 22.9 Å². The normalized spacial score (nSPS) is 11.8. The average Bonchev–Trinajstić information content (AvgIpc) is 2.83. The molecule has 1 aromatic carbocycles. The van der Waals surface area contributed by atoms with Gasteiger partial charge in [-0.1, -0.05) is 23.7 Å². The molecule has 1 N–H and O–H groups in total. The van der Waals surface area contributed by atoms with Crippen LogP contribution in [0.1, 0.15) is 20.8 Å². The molecule has 0 saturated heterocycles. The summed E-state index contributed by atoms with van der Waals surface area (Å²) in [5.41, 5.74) is 0.840. The van der Waals surface area contributed by atoms with Crippen LogP contribution in [-0.2, 0) is 0 Å². The molecular formula is C16H16ClN3S. The van der Waals surface area contributed by atoms with Gasteiger partial charge in [0.25, 0.3) is 0 Å². The van der Waals surface area contributed by atoms with E-state index < -0.39 is 0 Å². The van der Waals surface area contributed by atoms with Crippen molar-refractivity contribution in [1.29, 1.82) is 0 Å². The van der Waals surface area contributed by atoms with E-state index in [4.69, 9.17) is 16.6 Å². The van der Waals surface area contributed by atoms with Crippen LogP contribution in [0.2, 0.25) is 5.02 Å². The van der Waals surface area contributed by atoms with E-state index in [1.165, 1.54) is 0 Å². The summed E-state index contributed by atoms with van der Waals surface area (Å²) in [6.07, 6.45) is 0. The van der Waals surface area contributed by atoms with E-state index in [1.54, 1.807) is 11.3 Å². The molecule has 0 bridgehead atoms. The lowest BCUT2D eigenvalue weighted by Crippen LogP contribution is -2.27. The second-order valence-electron chi connectivity index (χ2n) is 5.89. The Morgan fingerprint density at radius 3 is 2.52 bits per heavy atom. The third-order valence-electron chi connectivity index (χ3n) is 2.92. The number of anilines is 1. The number of fused-ring (bicyclic) bond motifs is 1. The van der Waals surface area contributed by atoms with E-state index in [0.29, 0.717) is 10.8 Å². The second-order valence-corrected chi connectivity index (χ2v) is 7.21. The first-order valence-corrected chi connectivity index (χ1v) is 7.98. The Balaban J connectivity index is 2.22. The minimum absolute atomic E-state index is 0.0758. The molecule has 0 fully saturated rings. The molecule has 2 aromatic heterocycles. The van der Waals surface area contributed by atoms with Crippen LogP contribution in [0.25, 0.3) is 21.6 Å². The highest BCUT2D eigenvalue weighted by Crippen LogP contribution is 2.33. The highest BCUT2D eigenvalue weighted by atomic mass is 35.5. The molecule has 0 amide bonds. The number of nitrogens with zero attached hydrogens (tertiary/aromatic N) is 2. The number of benzene rings is 1. The zero-order chi connectivity index (χ0) is 15.0. The molecule has 3 aromatic rings. The van der Waals surface area contributed by atoms with Crippen LogP contribution in [-0.4, -0.2) is 15.5 Å². The summed E-state index contributed by atoms with van der Waals surface area (Å²) in [6.45, 7) is 6.34. The molecule has 0 radical (unpaired) electrons. The number of thiophene rings is 1. The molecule has 3 nitrogen and oxygen atoms in total. The Kier molecular flexibility index (Phi) is 3.59. The summed E-state index contributed by atoms with van der Waals surface area (Å²) in [4.78, 5) is 10.2. The number of hydrogen-bond donors (Lipinski definition) is 1. The van der Waals surface area contributed by atoms with Crippen molar-refractivity contribution in [2.45, 2.75) is 26.3 Å². The lowest BCUT2D eigenvalue weighted by Gasteiger charge is -2.22. The first-order valence-electron chi connectivity index (χ1n) is 6.72. The average molecular weight is 318 g/mol. The third kappa shape index (κ3) is 3.01. The summed E-state index contributed by atoms with van der Waals surface area (Å²) < 4.78 is 0. The van der Waals surface area contributed by atoms with E-state index >= 15 is 0 Å². The van der Waals surface area contributed by atoms with Gasteiger partial charge < -0.3 is 5.32 Å². The number of nitrogens with one attached hydrogen (secondary N) is 1. The smallest absolute Gasteiger partial charge is 0.173 e. The van der Waals surface area contributed by atoms with Gasteiger partial charge in [-0.15, -0.1) is 11.3 Å². The van der Waals surface area contributed by atoms with Crippen molar-refractivity contribution >= 4 is 39.7 Å². The molecule has 21 heavy (non-hydrogen) atoms. The molecule has 0 aliphatic heterocycles. The number of para-hydroxylation sites is 1. The van der Waals surface area contributed by atoms with Crippen molar-refractivity contribution in [3.63, 3.8) is 0 Å². The van der Waals surface area contributed by atoms with Crippen molar-refractivity contribution in [3.8, 4) is 10.7 Å². The minimum Gasteiger partial charge on any atom is -0.365 e. The minimum atomic E-state index is -0.0758. The van der Waals surface area contributed by atoms with Crippen molar-refractivity contribution in [2.24, 2.45) is 0 Å². The Morgan fingerprint density at radius 2 is 1.86 bits per heavy atom. The molecule has 0 unspecified atom stereocenters. The Morgan fingerprint density at radius 1 is 1.10 bits per heavy atom. The zero-order valence-electron chi connectivity index (χ0n) is 12.1. The van der Waals surface area contributed by atoms with Gasteiger partial charge in [0.2, 0.25) is 0 Å². The maximum Gasteiger partial charge on any atom is 0.173 e. The Bertz CT molecular complexity index is 790. The fourth-order valence-electron chi connectivity index (χ4n) is 2.08. The van der Waals surface area contributed by atoms with E-state index in [-0.39, 0.29) is 5.54 Å². The molecule has 0 aliphatic rings. The predicted octanol–water partition coefficient (Wildman–Crippen LogP) is 5.22. The molecule has 3 rings (SSSR count). The van der Waals surface area contributed by atoms with Gasteiger partial charge >= 0.3 is 0 Å². The van der Waals surface area contributed by atoms with Gasteiger partial charge in [-0.3, -0.25) is 0 Å². The molecule has 0 aliphatic carbocycles. The van der Waals surface area contributed by atoms with Crippen LogP contribution < -0.4 is 5.32 Å². The lowest BCUT2D eigenvalue weighted by atomic mass is 10.1. The van der Waals surface area contributed by atoms with Gasteiger partial charge in [0.1, 0.15) is 5.82 Å². The van der Waals surface area contributed by atoms with E-state index in [9.17, 15) is 0 Å². The highest BCUT2D eigenvalue weighted by Gasteiger charge is 2.16. The van der Waals surface area contributed by atoms with Crippen molar-refractivity contribution in [1.82, 2.24) is 9.97 Å². The predicted molar refractivity (Wildman–Crippen MR) is 91.2 cm³/mol. The first-order chi connectivity index (χ1) is 9.94. The largest absolute Gasteiger partial charge is 0.365 e. The molecule has 0 spiro atoms. The number of halogens is 1. The number of rotatable bonds is 2. The number of hydrogen-bond acceptors (Lipinski definition) is 4. The maximum absolute atomic E-state index is 6.22. The van der Waals surface area contributed by atoms with Crippen LogP contribution in [0.3, 0.4) is 0 Å². The van der Waals surface area contributed by atoms with Crippen LogP contribution in [0.5, 0.6) is 0 Å². The van der Waals surface area contributed by atoms with Gasteiger partial charge in [0.15, 0.2) is 5.82 Å². The van der Waals surface area contributed by atoms with Gasteiger partial charge in [-0.2, -0.15) is 0 Å². The van der Waals surface area contributed by atoms with Gasteiger partial charge in [-0.25, -0.2) is 9.97 Å². The molecule has 5 heteroatoms. The summed E-state index contributed by atoms with van der Waals surface area (Å²) in [7, 11) is 0. The van der Waals surface area contributed by atoms with Crippen molar-refractivity contribution in [2.75, 3.05) is 5.32 Å². The van der Waals surface area contributed by atoms with E-state index in [0.717, 1.165) is 21.6 Å². The second kappa shape index (κ2) is 5.28. The summed E-state index contributed by atoms with van der Waals surface area (Å²) >= 11 is 7.77. The van der Waals surface area contributed by atoms with Crippen molar-refractivity contribution < 1.29 is 0 Å². The van der Waals surface area contributed by atoms with E-state index in [2.05, 4.69) is 31.1 Å². The summed E-state index contributed by atoms with van der Waals surface area (Å²) in [6, 6.07) is 9.88. The Hall–Kier alpha value is -1.65. The molecule has 2 heterocycles. The summed E-state index contributed by atoms with van der Waals surface area (Å²) in [5, 5.41) is 7.12. The van der Waals surface area contributed by atoms with Gasteiger partial charge in [0.05, 0.1) is 15.4 Å². The standard InChI is InChI=1S/C16H16ClN3S/c1-16(2,3)20-14-10-6-4-5-7-12(10)18-15(19-14)13-11(17)8-9-21-13/h4-9H,1-3H3,(H,18,19,20). The fourth-order valence-corrected chi connectivity index (χ4v) is 3.16. The quantitative estimate of drug-likeness (QED) is 0.704. The Labute approximate surface area is 133 Å². The number of aromatic nitrogens is 2. The zero-order valence-corrected chi connectivity index (χ0v) is 13.7. The SMILES string of the molecule is CC(C)(C)Nc1nc(-c2sccc2Cl)nc2ccccc12. The van der Waals surface area contributed by atoms with E-state index in [1.807, 2.05) is 35.7 Å². The maximum atomic E-state index is 6.22. The first kappa shape index (κ1) is 14.3. The van der Waals surface area contributed by atoms with Gasteiger partial charge in [0, 0.05) is 10.9 Å². The topological polar surface area (TPSA) is 37.8 Å². The lowest BCUT2D eigenvalue weighted by molar-refractivity contribution is 0.631.